The van der Waals surface area contributed by atoms with E-state index in [0.29, 0.717) is 16.8 Å². The monoisotopic (exact) mass is 249 g/mol. The summed E-state index contributed by atoms with van der Waals surface area (Å²) in [6.07, 6.45) is 3.11. The van der Waals surface area contributed by atoms with Crippen LogP contribution in [0.4, 0.5) is 5.69 Å². The second-order valence-electron chi connectivity index (χ2n) is 4.23. The Balaban J connectivity index is 2.18. The van der Waals surface area contributed by atoms with Gasteiger partial charge in [0.1, 0.15) is 5.75 Å². The average molecular weight is 249 g/mol. The number of carbonyl (C=O) groups is 1. The molecule has 0 radical (unpaired) electrons. The number of ketones is 1. The molecular weight excluding hydrogens is 238 g/mol. The number of phenolic OH excluding ortho intramolecular Hbond substituents is 1. The molecule has 0 saturated heterocycles. The van der Waals surface area contributed by atoms with Gasteiger partial charge in [0.25, 0.3) is 0 Å². The van der Waals surface area contributed by atoms with Crippen LogP contribution in [0, 0.1) is 0 Å². The Morgan fingerprint density at radius 2 is 1.68 bits per heavy atom. The summed E-state index contributed by atoms with van der Waals surface area (Å²) in [5.74, 6) is -0.0391. The second-order valence-corrected chi connectivity index (χ2v) is 4.23. The number of allylic oxidation sites excluding steroid dienone is 2. The van der Waals surface area contributed by atoms with Crippen LogP contribution in [0.1, 0.15) is 15.9 Å². The molecule has 0 fully saturated rings. The highest BCUT2D eigenvalue weighted by Crippen LogP contribution is 2.27. The van der Waals surface area contributed by atoms with Gasteiger partial charge in [-0.05, 0) is 30.4 Å². The van der Waals surface area contributed by atoms with Gasteiger partial charge in [0, 0.05) is 5.56 Å². The van der Waals surface area contributed by atoms with Crippen molar-refractivity contribution in [2.24, 2.45) is 4.99 Å². The molecule has 0 aliphatic heterocycles. The standard InChI is InChI=1S/C16H11NO2/c18-14-10-9-13(17-11-5-2-1-3-6-11)16-12(14)7-4-8-15(16)19/h1-10,19H. The third kappa shape index (κ3) is 2.06. The molecule has 19 heavy (non-hydrogen) atoms. The van der Waals surface area contributed by atoms with Crippen molar-refractivity contribution < 1.29 is 9.90 Å². The highest BCUT2D eigenvalue weighted by molar-refractivity contribution is 6.25. The Bertz CT molecular complexity index is 700. The summed E-state index contributed by atoms with van der Waals surface area (Å²) in [5.41, 5.74) is 2.36. The van der Waals surface area contributed by atoms with Crippen LogP contribution in [0.3, 0.4) is 0 Å². The van der Waals surface area contributed by atoms with Crippen molar-refractivity contribution in [3.05, 3.63) is 71.8 Å². The molecular formula is C16H11NO2. The molecule has 0 heterocycles. The number of hydrogen-bond donors (Lipinski definition) is 1. The van der Waals surface area contributed by atoms with E-state index in [1.165, 1.54) is 6.08 Å². The van der Waals surface area contributed by atoms with Gasteiger partial charge in [-0.1, -0.05) is 30.3 Å². The third-order valence-corrected chi connectivity index (χ3v) is 2.96. The number of phenols is 1. The van der Waals surface area contributed by atoms with Crippen LogP contribution in [0.2, 0.25) is 0 Å². The SMILES string of the molecule is O=C1C=CC(=Nc2ccccc2)c2c(O)cccc21. The van der Waals surface area contributed by atoms with Crippen molar-refractivity contribution in [1.29, 1.82) is 0 Å². The van der Waals surface area contributed by atoms with Gasteiger partial charge in [-0.25, -0.2) is 4.99 Å². The van der Waals surface area contributed by atoms with Crippen LogP contribution >= 0.6 is 0 Å². The fourth-order valence-electron chi connectivity index (χ4n) is 2.08. The first-order valence-electron chi connectivity index (χ1n) is 5.94. The van der Waals surface area contributed by atoms with Crippen LogP contribution in [-0.2, 0) is 0 Å². The van der Waals surface area contributed by atoms with Crippen molar-refractivity contribution in [2.45, 2.75) is 0 Å². The molecule has 0 aromatic heterocycles. The van der Waals surface area contributed by atoms with E-state index in [-0.39, 0.29) is 11.5 Å². The van der Waals surface area contributed by atoms with E-state index in [4.69, 9.17) is 0 Å². The average Bonchev–Trinajstić information content (AvgIpc) is 2.43. The van der Waals surface area contributed by atoms with Crippen molar-refractivity contribution in [2.75, 3.05) is 0 Å². The van der Waals surface area contributed by atoms with Crippen LogP contribution in [0.5, 0.6) is 5.75 Å². The molecule has 0 unspecified atom stereocenters. The number of fused-ring (bicyclic) bond motifs is 1. The van der Waals surface area contributed by atoms with E-state index >= 15 is 0 Å². The van der Waals surface area contributed by atoms with Crippen molar-refractivity contribution in [3.8, 4) is 5.75 Å². The summed E-state index contributed by atoms with van der Waals surface area (Å²) in [5, 5.41) is 9.96. The number of carbonyl (C=O) groups excluding carboxylic acids is 1. The fraction of sp³-hybridized carbons (Fsp3) is 0. The van der Waals surface area contributed by atoms with Gasteiger partial charge in [-0.15, -0.1) is 0 Å². The second kappa shape index (κ2) is 4.53. The smallest absolute Gasteiger partial charge is 0.186 e. The molecule has 3 heteroatoms. The first-order chi connectivity index (χ1) is 9.25. The lowest BCUT2D eigenvalue weighted by molar-refractivity contribution is 0.104. The summed E-state index contributed by atoms with van der Waals surface area (Å²) in [7, 11) is 0. The number of nitrogens with zero attached hydrogens (tertiary/aromatic N) is 1. The molecule has 3 nitrogen and oxygen atoms in total. The molecule has 1 N–H and O–H groups in total. The third-order valence-electron chi connectivity index (χ3n) is 2.96. The lowest BCUT2D eigenvalue weighted by Gasteiger charge is -2.13. The zero-order valence-electron chi connectivity index (χ0n) is 10.1. The summed E-state index contributed by atoms with van der Waals surface area (Å²) in [6, 6.07) is 14.4. The largest absolute Gasteiger partial charge is 0.507 e. The molecule has 2 aromatic carbocycles. The number of benzene rings is 2. The summed E-state index contributed by atoms with van der Waals surface area (Å²) in [4.78, 5) is 16.3. The number of aliphatic imine (C=N–C) groups is 1. The maximum atomic E-state index is 11.8. The van der Waals surface area contributed by atoms with E-state index < -0.39 is 0 Å². The summed E-state index contributed by atoms with van der Waals surface area (Å²) >= 11 is 0. The lowest BCUT2D eigenvalue weighted by atomic mass is 9.93. The first-order valence-corrected chi connectivity index (χ1v) is 5.94. The van der Waals surface area contributed by atoms with E-state index in [0.717, 1.165) is 5.69 Å². The quantitative estimate of drug-likeness (QED) is 0.843. The molecule has 1 aliphatic rings. The molecule has 2 aromatic rings. The maximum Gasteiger partial charge on any atom is 0.186 e. The Labute approximate surface area is 110 Å². The molecule has 0 amide bonds. The van der Waals surface area contributed by atoms with Crippen LogP contribution in [0.15, 0.2) is 65.7 Å². The van der Waals surface area contributed by atoms with Gasteiger partial charge in [-0.2, -0.15) is 0 Å². The molecule has 1 aliphatic carbocycles. The van der Waals surface area contributed by atoms with E-state index in [1.807, 2.05) is 30.3 Å². The van der Waals surface area contributed by atoms with Gasteiger partial charge in [0.05, 0.1) is 17.0 Å². The lowest BCUT2D eigenvalue weighted by Crippen LogP contribution is -2.12. The van der Waals surface area contributed by atoms with Gasteiger partial charge >= 0.3 is 0 Å². The topological polar surface area (TPSA) is 49.7 Å². The van der Waals surface area contributed by atoms with Crippen LogP contribution < -0.4 is 0 Å². The Morgan fingerprint density at radius 3 is 2.47 bits per heavy atom. The molecule has 3 rings (SSSR count). The minimum Gasteiger partial charge on any atom is -0.507 e. The van der Waals surface area contributed by atoms with Gasteiger partial charge in [0.15, 0.2) is 5.78 Å². The zero-order valence-corrected chi connectivity index (χ0v) is 10.1. The molecule has 0 bridgehead atoms. The van der Waals surface area contributed by atoms with Crippen LogP contribution in [0.25, 0.3) is 0 Å². The van der Waals surface area contributed by atoms with Crippen LogP contribution in [-0.4, -0.2) is 16.6 Å². The first kappa shape index (κ1) is 11.4. The zero-order chi connectivity index (χ0) is 13.2. The highest BCUT2D eigenvalue weighted by atomic mass is 16.3. The molecule has 0 saturated carbocycles. The van der Waals surface area contributed by atoms with E-state index in [1.54, 1.807) is 24.3 Å². The van der Waals surface area contributed by atoms with Gasteiger partial charge < -0.3 is 5.11 Å². The predicted octanol–water partition coefficient (Wildman–Crippen LogP) is 3.27. The Hall–Kier alpha value is -2.68. The number of para-hydroxylation sites is 1. The highest BCUT2D eigenvalue weighted by Gasteiger charge is 2.20. The van der Waals surface area contributed by atoms with Crippen molar-refractivity contribution >= 4 is 17.2 Å². The Morgan fingerprint density at radius 1 is 0.895 bits per heavy atom. The molecule has 0 spiro atoms. The normalized spacial score (nSPS) is 15.6. The minimum absolute atomic E-state index is 0.0740. The number of aromatic hydroxyl groups is 1. The molecule has 92 valence electrons. The van der Waals surface area contributed by atoms with Crippen molar-refractivity contribution in [1.82, 2.24) is 0 Å². The fourth-order valence-corrected chi connectivity index (χ4v) is 2.08. The number of hydrogen-bond acceptors (Lipinski definition) is 3. The van der Waals surface area contributed by atoms with E-state index in [9.17, 15) is 9.90 Å². The molecule has 0 atom stereocenters. The minimum atomic E-state index is -0.113. The van der Waals surface area contributed by atoms with Gasteiger partial charge in [-0.3, -0.25) is 4.79 Å². The summed E-state index contributed by atoms with van der Waals surface area (Å²) in [6.45, 7) is 0. The van der Waals surface area contributed by atoms with Crippen molar-refractivity contribution in [3.63, 3.8) is 0 Å². The van der Waals surface area contributed by atoms with Gasteiger partial charge in [0.2, 0.25) is 0 Å². The Kier molecular flexibility index (Phi) is 2.72. The summed E-state index contributed by atoms with van der Waals surface area (Å²) < 4.78 is 0. The maximum absolute atomic E-state index is 11.8. The number of rotatable bonds is 1. The predicted molar refractivity (Wildman–Crippen MR) is 74.2 cm³/mol. The van der Waals surface area contributed by atoms with E-state index in [2.05, 4.69) is 4.99 Å².